The van der Waals surface area contributed by atoms with E-state index in [4.69, 9.17) is 5.11 Å². The summed E-state index contributed by atoms with van der Waals surface area (Å²) in [6.45, 7) is 0. The highest BCUT2D eigenvalue weighted by molar-refractivity contribution is 6.82. The van der Waals surface area contributed by atoms with Crippen molar-refractivity contribution in [2.24, 2.45) is 0 Å². The first kappa shape index (κ1) is 10.3. The summed E-state index contributed by atoms with van der Waals surface area (Å²) in [6.07, 6.45) is 0. The van der Waals surface area contributed by atoms with Crippen LogP contribution in [0.25, 0.3) is 0 Å². The maximum Gasteiger partial charge on any atom is 0.337 e. The number of hydrogen-bond donors (Lipinski definition) is 1. The Bertz CT molecular complexity index is 344. The third kappa shape index (κ3) is 2.62. The molecule has 0 aliphatic carbocycles. The molecular formula is C9H8BO4. The first-order chi connectivity index (χ1) is 6.63. The van der Waals surface area contributed by atoms with Crippen LogP contribution >= 0.6 is 0 Å². The predicted octanol–water partition coefficient (Wildman–Crippen LogP) is 0.481. The third-order valence-corrected chi connectivity index (χ3v) is 1.62. The van der Waals surface area contributed by atoms with Gasteiger partial charge in [-0.2, -0.15) is 0 Å². The molecule has 1 aromatic rings. The van der Waals surface area contributed by atoms with E-state index in [1.54, 1.807) is 12.1 Å². The largest absolute Gasteiger partial charge is 0.489 e. The molecule has 0 spiro atoms. The first-order valence-corrected chi connectivity index (χ1v) is 3.89. The number of hydrogen-bond acceptors (Lipinski definition) is 3. The number of rotatable bonds is 3. The average molecular weight is 191 g/mol. The molecular weight excluding hydrogens is 183 g/mol. The first-order valence-electron chi connectivity index (χ1n) is 3.89. The summed E-state index contributed by atoms with van der Waals surface area (Å²) < 4.78 is 4.49. The summed E-state index contributed by atoms with van der Waals surface area (Å²) in [5.74, 6) is -1.46. The third-order valence-electron chi connectivity index (χ3n) is 1.62. The van der Waals surface area contributed by atoms with E-state index in [0.29, 0.717) is 11.0 Å². The second-order valence-electron chi connectivity index (χ2n) is 2.60. The summed E-state index contributed by atoms with van der Waals surface area (Å²) in [5.41, 5.74) is 0.931. The lowest BCUT2D eigenvalue weighted by Gasteiger charge is -1.99. The van der Waals surface area contributed by atoms with Gasteiger partial charge in [-0.3, -0.25) is 4.79 Å². The second-order valence-corrected chi connectivity index (χ2v) is 2.60. The number of esters is 1. The molecule has 0 unspecified atom stereocenters. The lowest BCUT2D eigenvalue weighted by atomic mass is 9.70. The molecule has 14 heavy (non-hydrogen) atoms. The van der Waals surface area contributed by atoms with Gasteiger partial charge in [0.2, 0.25) is 5.87 Å². The molecule has 71 valence electrons. The Morgan fingerprint density at radius 2 is 1.86 bits per heavy atom. The number of ether oxygens (including phenoxy) is 1. The van der Waals surface area contributed by atoms with E-state index in [9.17, 15) is 9.59 Å². The van der Waals surface area contributed by atoms with Gasteiger partial charge in [0.25, 0.3) is 7.28 Å². The van der Waals surface area contributed by atoms with Crippen LogP contribution < -0.4 is 5.46 Å². The van der Waals surface area contributed by atoms with Gasteiger partial charge in [0, 0.05) is 0 Å². The standard InChI is InChI=1S/C9H8BO4/c1-14-8(11)6-2-4-7(5-3-6)10-9(12)13/h2-5H,1H3,(H,12,13). The van der Waals surface area contributed by atoms with E-state index < -0.39 is 11.8 Å². The van der Waals surface area contributed by atoms with Crippen LogP contribution in [0, 0.1) is 0 Å². The zero-order valence-electron chi connectivity index (χ0n) is 7.56. The van der Waals surface area contributed by atoms with Gasteiger partial charge in [-0.15, -0.1) is 0 Å². The topological polar surface area (TPSA) is 63.6 Å². The van der Waals surface area contributed by atoms with E-state index in [0.717, 1.165) is 7.28 Å². The van der Waals surface area contributed by atoms with Crippen molar-refractivity contribution in [1.82, 2.24) is 0 Å². The molecule has 0 saturated heterocycles. The molecule has 0 heterocycles. The lowest BCUT2D eigenvalue weighted by molar-refractivity contribution is 0.0600. The molecule has 0 saturated carbocycles. The van der Waals surface area contributed by atoms with Crippen molar-refractivity contribution in [3.63, 3.8) is 0 Å². The quantitative estimate of drug-likeness (QED) is 0.557. The molecule has 4 nitrogen and oxygen atoms in total. The van der Waals surface area contributed by atoms with Gasteiger partial charge in [0.05, 0.1) is 12.7 Å². The highest BCUT2D eigenvalue weighted by atomic mass is 16.5. The van der Waals surface area contributed by atoms with Crippen LogP contribution in [0.2, 0.25) is 0 Å². The molecule has 0 aliphatic heterocycles. The van der Waals surface area contributed by atoms with E-state index >= 15 is 0 Å². The zero-order chi connectivity index (χ0) is 10.6. The molecule has 1 aromatic carbocycles. The van der Waals surface area contributed by atoms with Crippen molar-refractivity contribution >= 4 is 24.6 Å². The maximum absolute atomic E-state index is 11.0. The number of carbonyl (C=O) groups is 2. The molecule has 0 amide bonds. The minimum atomic E-state index is -1.02. The van der Waals surface area contributed by atoms with Gasteiger partial charge in [0.1, 0.15) is 0 Å². The Morgan fingerprint density at radius 3 is 2.29 bits per heavy atom. The molecule has 5 heteroatoms. The number of methoxy groups -OCH3 is 1. The Morgan fingerprint density at radius 1 is 1.29 bits per heavy atom. The van der Waals surface area contributed by atoms with Gasteiger partial charge in [-0.05, 0) is 12.1 Å². The highest BCUT2D eigenvalue weighted by Gasteiger charge is 2.07. The summed E-state index contributed by atoms with van der Waals surface area (Å²) in [7, 11) is 2.35. The fourth-order valence-corrected chi connectivity index (χ4v) is 0.976. The van der Waals surface area contributed by atoms with Crippen LogP contribution in [0.15, 0.2) is 24.3 Å². The van der Waals surface area contributed by atoms with E-state index in [1.165, 1.54) is 19.2 Å². The second kappa shape index (κ2) is 4.46. The Hall–Kier alpha value is -1.78. The Kier molecular flexibility index (Phi) is 3.28. The molecule has 1 rings (SSSR count). The average Bonchev–Trinajstić information content (AvgIpc) is 2.17. The van der Waals surface area contributed by atoms with Crippen LogP contribution in [-0.4, -0.2) is 31.3 Å². The maximum atomic E-state index is 11.0. The smallest absolute Gasteiger partial charge is 0.337 e. The van der Waals surface area contributed by atoms with Crippen LogP contribution in [0.3, 0.4) is 0 Å². The van der Waals surface area contributed by atoms with E-state index in [1.807, 2.05) is 0 Å². The molecule has 0 aliphatic rings. The minimum Gasteiger partial charge on any atom is -0.489 e. The fourth-order valence-electron chi connectivity index (χ4n) is 0.976. The van der Waals surface area contributed by atoms with Crippen molar-refractivity contribution in [3.05, 3.63) is 29.8 Å². The minimum absolute atomic E-state index is 0.398. The Balaban J connectivity index is 2.78. The SMILES string of the molecule is COC(=O)c1ccc([B]C(=O)O)cc1. The normalized spacial score (nSPS) is 9.21. The van der Waals surface area contributed by atoms with E-state index in [2.05, 4.69) is 4.74 Å². The van der Waals surface area contributed by atoms with Gasteiger partial charge in [0.15, 0.2) is 0 Å². The number of benzene rings is 1. The number of carboxylic acid groups (broad SMARTS) is 1. The molecule has 0 aromatic heterocycles. The highest BCUT2D eigenvalue weighted by Crippen LogP contribution is 1.98. The lowest BCUT2D eigenvalue weighted by Crippen LogP contribution is -2.21. The monoisotopic (exact) mass is 191 g/mol. The summed E-state index contributed by atoms with van der Waals surface area (Å²) in [5, 5.41) is 8.44. The van der Waals surface area contributed by atoms with Crippen molar-refractivity contribution in [2.75, 3.05) is 7.11 Å². The van der Waals surface area contributed by atoms with Crippen molar-refractivity contribution in [3.8, 4) is 0 Å². The van der Waals surface area contributed by atoms with Gasteiger partial charge < -0.3 is 9.84 Å². The summed E-state index contributed by atoms with van der Waals surface area (Å²) in [4.78, 5) is 21.3. The van der Waals surface area contributed by atoms with Gasteiger partial charge in [-0.25, -0.2) is 4.79 Å². The fraction of sp³-hybridized carbons (Fsp3) is 0.111. The summed E-state index contributed by atoms with van der Waals surface area (Å²) in [6, 6.07) is 6.11. The van der Waals surface area contributed by atoms with Gasteiger partial charge in [-0.1, -0.05) is 17.6 Å². The zero-order valence-corrected chi connectivity index (χ0v) is 7.56. The van der Waals surface area contributed by atoms with Crippen LogP contribution in [0.5, 0.6) is 0 Å². The van der Waals surface area contributed by atoms with Crippen molar-refractivity contribution in [1.29, 1.82) is 0 Å². The number of carbonyl (C=O) groups excluding carboxylic acids is 1. The molecule has 0 fully saturated rings. The van der Waals surface area contributed by atoms with Crippen LogP contribution in [0.4, 0.5) is 4.79 Å². The molecule has 0 atom stereocenters. The van der Waals surface area contributed by atoms with Gasteiger partial charge >= 0.3 is 5.97 Å². The van der Waals surface area contributed by atoms with E-state index in [-0.39, 0.29) is 0 Å². The Labute approximate surface area is 81.7 Å². The summed E-state index contributed by atoms with van der Waals surface area (Å²) >= 11 is 0. The van der Waals surface area contributed by atoms with Crippen LogP contribution in [0.1, 0.15) is 10.4 Å². The van der Waals surface area contributed by atoms with Crippen molar-refractivity contribution < 1.29 is 19.4 Å². The molecule has 0 bridgehead atoms. The molecule has 1 N–H and O–H groups in total. The van der Waals surface area contributed by atoms with Crippen molar-refractivity contribution in [2.45, 2.75) is 0 Å². The van der Waals surface area contributed by atoms with Crippen LogP contribution in [-0.2, 0) is 4.74 Å². The molecule has 1 radical (unpaired) electrons. The predicted molar refractivity (Wildman–Crippen MR) is 51.2 cm³/mol.